The van der Waals surface area contributed by atoms with Gasteiger partial charge in [0.1, 0.15) is 17.7 Å². The van der Waals surface area contributed by atoms with Crippen LogP contribution in [0.5, 0.6) is 0 Å². The second-order valence-electron chi connectivity index (χ2n) is 6.56. The molecule has 0 spiro atoms. The monoisotopic (exact) mass is 359 g/mol. The molecular weight excluding hydrogens is 338 g/mol. The van der Waals surface area contributed by atoms with Crippen molar-refractivity contribution in [2.24, 2.45) is 0 Å². The molecule has 0 radical (unpaired) electrons. The summed E-state index contributed by atoms with van der Waals surface area (Å²) in [6.07, 6.45) is 3.59. The van der Waals surface area contributed by atoms with Crippen molar-refractivity contribution >= 4 is 28.5 Å². The molecule has 0 fully saturated rings. The van der Waals surface area contributed by atoms with Crippen LogP contribution in [0.1, 0.15) is 44.4 Å². The average molecular weight is 360 g/mol. The van der Waals surface area contributed by atoms with Crippen LogP contribution in [0.2, 0.25) is 5.02 Å². The van der Waals surface area contributed by atoms with Gasteiger partial charge in [0.25, 0.3) is 0 Å². The predicted molar refractivity (Wildman–Crippen MR) is 98.6 cm³/mol. The van der Waals surface area contributed by atoms with Gasteiger partial charge in [-0.1, -0.05) is 25.4 Å². The molecule has 0 saturated heterocycles. The lowest BCUT2D eigenvalue weighted by Gasteiger charge is -2.23. The lowest BCUT2D eigenvalue weighted by Crippen LogP contribution is -2.33. The molecule has 1 aromatic carbocycles. The fourth-order valence-electron chi connectivity index (χ4n) is 2.95. The summed E-state index contributed by atoms with van der Waals surface area (Å²) in [5, 5.41) is 0.655. The number of nitrogens with one attached hydrogen (secondary N) is 1. The van der Waals surface area contributed by atoms with E-state index in [1.54, 1.807) is 24.2 Å². The van der Waals surface area contributed by atoms with Crippen molar-refractivity contribution in [3.8, 4) is 0 Å². The normalized spacial score (nSPS) is 12.7. The number of aromatic nitrogens is 4. The molecule has 7 heteroatoms. The third-order valence-electron chi connectivity index (χ3n) is 4.25. The Bertz CT molecular complexity index is 898. The number of carbonyl (C=O) groups excluding carboxylic acids is 1. The first kappa shape index (κ1) is 17.5. The standard InChI is InChI=1S/C18H22ClN5O/c1-11(2)17-20-7-8-24(17)12(3)18(25)23(4)10-16-21-14-6-5-13(19)9-15(14)22-16/h5-9,11-12H,10H2,1-4H3,(H,21,22). The van der Waals surface area contributed by atoms with Crippen LogP contribution in [-0.4, -0.2) is 37.4 Å². The number of benzene rings is 1. The molecule has 0 saturated carbocycles. The summed E-state index contributed by atoms with van der Waals surface area (Å²) in [5.41, 5.74) is 1.71. The largest absolute Gasteiger partial charge is 0.340 e. The lowest BCUT2D eigenvalue weighted by atomic mass is 10.2. The van der Waals surface area contributed by atoms with E-state index in [0.29, 0.717) is 11.6 Å². The number of hydrogen-bond acceptors (Lipinski definition) is 3. The van der Waals surface area contributed by atoms with E-state index in [1.807, 2.05) is 29.8 Å². The smallest absolute Gasteiger partial charge is 0.245 e. The van der Waals surface area contributed by atoms with Gasteiger partial charge in [-0.3, -0.25) is 4.79 Å². The number of hydrogen-bond donors (Lipinski definition) is 1. The van der Waals surface area contributed by atoms with E-state index in [-0.39, 0.29) is 17.9 Å². The molecule has 0 aliphatic rings. The molecule has 2 heterocycles. The third kappa shape index (κ3) is 3.54. The number of imidazole rings is 2. The molecule has 0 bridgehead atoms. The SMILES string of the molecule is CC(C)c1nccn1C(C)C(=O)N(C)Cc1nc2ccc(Cl)cc2[nH]1. The highest BCUT2D eigenvalue weighted by Gasteiger charge is 2.23. The zero-order chi connectivity index (χ0) is 18.1. The highest BCUT2D eigenvalue weighted by atomic mass is 35.5. The van der Waals surface area contributed by atoms with Crippen molar-refractivity contribution in [1.29, 1.82) is 0 Å². The molecule has 25 heavy (non-hydrogen) atoms. The quantitative estimate of drug-likeness (QED) is 0.754. The first-order valence-corrected chi connectivity index (χ1v) is 8.66. The van der Waals surface area contributed by atoms with Crippen molar-refractivity contribution in [2.75, 3.05) is 7.05 Å². The van der Waals surface area contributed by atoms with Crippen molar-refractivity contribution in [3.05, 3.63) is 47.3 Å². The van der Waals surface area contributed by atoms with Gasteiger partial charge in [-0.05, 0) is 25.1 Å². The average Bonchev–Trinajstić information content (AvgIpc) is 3.19. The van der Waals surface area contributed by atoms with E-state index in [9.17, 15) is 4.79 Å². The molecule has 3 rings (SSSR count). The van der Waals surface area contributed by atoms with Gasteiger partial charge in [0.05, 0.1) is 17.6 Å². The highest BCUT2D eigenvalue weighted by Crippen LogP contribution is 2.20. The Labute approximate surface area is 151 Å². The number of fused-ring (bicyclic) bond motifs is 1. The molecular formula is C18H22ClN5O. The summed E-state index contributed by atoms with van der Waals surface area (Å²) in [6.45, 7) is 6.44. The molecule has 0 aliphatic carbocycles. The molecule has 1 amide bonds. The van der Waals surface area contributed by atoms with Gasteiger partial charge in [0.2, 0.25) is 5.91 Å². The Kier molecular flexibility index (Phi) is 4.81. The molecule has 6 nitrogen and oxygen atoms in total. The fourth-order valence-corrected chi connectivity index (χ4v) is 3.12. The second kappa shape index (κ2) is 6.88. The summed E-state index contributed by atoms with van der Waals surface area (Å²) in [7, 11) is 1.78. The van der Waals surface area contributed by atoms with Gasteiger partial charge in [0.15, 0.2) is 0 Å². The Hall–Kier alpha value is -2.34. The minimum absolute atomic E-state index is 0.0124. The Morgan fingerprint density at radius 1 is 1.36 bits per heavy atom. The van der Waals surface area contributed by atoms with Crippen LogP contribution in [0.15, 0.2) is 30.6 Å². The van der Waals surface area contributed by atoms with Gasteiger partial charge in [-0.2, -0.15) is 0 Å². The zero-order valence-corrected chi connectivity index (χ0v) is 15.6. The van der Waals surface area contributed by atoms with Crippen molar-refractivity contribution in [3.63, 3.8) is 0 Å². The highest BCUT2D eigenvalue weighted by molar-refractivity contribution is 6.31. The van der Waals surface area contributed by atoms with E-state index < -0.39 is 0 Å². The maximum absolute atomic E-state index is 12.8. The number of rotatable bonds is 5. The van der Waals surface area contributed by atoms with Gasteiger partial charge in [-0.25, -0.2) is 9.97 Å². The molecule has 132 valence electrons. The number of H-pyrrole nitrogens is 1. The van der Waals surface area contributed by atoms with Crippen LogP contribution < -0.4 is 0 Å². The summed E-state index contributed by atoms with van der Waals surface area (Å²) in [6, 6.07) is 5.18. The number of nitrogens with zero attached hydrogens (tertiary/aromatic N) is 4. The van der Waals surface area contributed by atoms with Crippen LogP contribution in [0.25, 0.3) is 11.0 Å². The Morgan fingerprint density at radius 3 is 2.84 bits per heavy atom. The summed E-state index contributed by atoms with van der Waals surface area (Å²) < 4.78 is 1.93. The van der Waals surface area contributed by atoms with Gasteiger partial charge in [-0.15, -0.1) is 0 Å². The Balaban J connectivity index is 1.76. The Morgan fingerprint density at radius 2 is 2.12 bits per heavy atom. The number of aromatic amines is 1. The molecule has 2 aromatic heterocycles. The number of amides is 1. The molecule has 1 unspecified atom stereocenters. The minimum atomic E-state index is -0.316. The van der Waals surface area contributed by atoms with Crippen LogP contribution in [0, 0.1) is 0 Å². The summed E-state index contributed by atoms with van der Waals surface area (Å²) >= 11 is 6.00. The van der Waals surface area contributed by atoms with Gasteiger partial charge >= 0.3 is 0 Å². The fraction of sp³-hybridized carbons (Fsp3) is 0.389. The molecule has 1 N–H and O–H groups in total. The maximum Gasteiger partial charge on any atom is 0.245 e. The maximum atomic E-state index is 12.8. The molecule has 1 atom stereocenters. The van der Waals surface area contributed by atoms with Gasteiger partial charge < -0.3 is 14.5 Å². The number of carbonyl (C=O) groups is 1. The van der Waals surface area contributed by atoms with Crippen LogP contribution in [0.3, 0.4) is 0 Å². The van der Waals surface area contributed by atoms with E-state index in [4.69, 9.17) is 11.6 Å². The first-order chi connectivity index (χ1) is 11.9. The van der Waals surface area contributed by atoms with E-state index in [1.165, 1.54) is 0 Å². The second-order valence-corrected chi connectivity index (χ2v) is 7.00. The predicted octanol–water partition coefficient (Wildman–Crippen LogP) is 3.76. The number of halogens is 1. The van der Waals surface area contributed by atoms with Gasteiger partial charge in [0, 0.05) is 30.4 Å². The number of likely N-dealkylation sites (N-methyl/N-ethyl adjacent to an activating group) is 1. The summed E-state index contributed by atoms with van der Waals surface area (Å²) in [5.74, 6) is 1.91. The molecule has 0 aliphatic heterocycles. The molecule has 3 aromatic rings. The van der Waals surface area contributed by atoms with Crippen molar-refractivity contribution in [1.82, 2.24) is 24.4 Å². The van der Waals surface area contributed by atoms with E-state index in [0.717, 1.165) is 22.7 Å². The topological polar surface area (TPSA) is 66.8 Å². The van der Waals surface area contributed by atoms with Crippen molar-refractivity contribution in [2.45, 2.75) is 39.3 Å². The van der Waals surface area contributed by atoms with Crippen LogP contribution in [0.4, 0.5) is 0 Å². The van der Waals surface area contributed by atoms with Crippen molar-refractivity contribution < 1.29 is 4.79 Å². The summed E-state index contributed by atoms with van der Waals surface area (Å²) in [4.78, 5) is 26.6. The van der Waals surface area contributed by atoms with E-state index >= 15 is 0 Å². The van der Waals surface area contributed by atoms with Crippen LogP contribution in [-0.2, 0) is 11.3 Å². The van der Waals surface area contributed by atoms with E-state index in [2.05, 4.69) is 28.8 Å². The lowest BCUT2D eigenvalue weighted by molar-refractivity contribution is -0.133. The van der Waals surface area contributed by atoms with Crippen LogP contribution >= 0.6 is 11.6 Å². The first-order valence-electron chi connectivity index (χ1n) is 8.28. The minimum Gasteiger partial charge on any atom is -0.340 e. The zero-order valence-electron chi connectivity index (χ0n) is 14.8. The third-order valence-corrected chi connectivity index (χ3v) is 4.48.